The molecule has 2 aromatic heterocycles. The topological polar surface area (TPSA) is 107 Å². The molecule has 3 rings (SSSR count). The maximum Gasteiger partial charge on any atom is 0.253 e. The average Bonchev–Trinajstić information content (AvgIpc) is 2.77. The molecule has 1 aliphatic carbocycles. The number of aliphatic hydroxyl groups is 1. The molecule has 1 aliphatic rings. The van der Waals surface area contributed by atoms with E-state index in [0.29, 0.717) is 33.7 Å². The predicted molar refractivity (Wildman–Crippen MR) is 95.8 cm³/mol. The van der Waals surface area contributed by atoms with Crippen LogP contribution in [0.5, 0.6) is 0 Å². The van der Waals surface area contributed by atoms with Crippen LogP contribution in [-0.2, 0) is 0 Å². The molecule has 2 aromatic rings. The quantitative estimate of drug-likeness (QED) is 0.774. The van der Waals surface area contributed by atoms with Crippen molar-refractivity contribution in [2.24, 2.45) is 11.7 Å². The number of allylic oxidation sites excluding steroid dienone is 3. The summed E-state index contributed by atoms with van der Waals surface area (Å²) in [6.45, 7) is 5.62. The zero-order valence-corrected chi connectivity index (χ0v) is 14.5. The van der Waals surface area contributed by atoms with E-state index in [1.807, 2.05) is 13.8 Å². The highest BCUT2D eigenvalue weighted by molar-refractivity contribution is 6.32. The van der Waals surface area contributed by atoms with E-state index in [2.05, 4.69) is 4.98 Å². The number of aliphatic hydroxyl groups excluding tert-OH is 1. The van der Waals surface area contributed by atoms with Crippen LogP contribution >= 0.6 is 11.6 Å². The second-order valence-electron chi connectivity index (χ2n) is 6.12. The van der Waals surface area contributed by atoms with Crippen molar-refractivity contribution in [1.29, 1.82) is 0 Å². The number of fused-ring (bicyclic) bond motifs is 1. The Morgan fingerprint density at radius 2 is 2.12 bits per heavy atom. The minimum atomic E-state index is -0.639. The van der Waals surface area contributed by atoms with Gasteiger partial charge in [0, 0.05) is 22.6 Å². The minimum absolute atomic E-state index is 0.0947. The molecular formula is C17H19ClN4O2. The first-order valence-corrected chi connectivity index (χ1v) is 7.99. The van der Waals surface area contributed by atoms with Gasteiger partial charge in [0.25, 0.3) is 5.91 Å². The van der Waals surface area contributed by atoms with Crippen molar-refractivity contribution in [3.63, 3.8) is 0 Å². The summed E-state index contributed by atoms with van der Waals surface area (Å²) in [4.78, 5) is 16.5. The van der Waals surface area contributed by atoms with Crippen LogP contribution in [0.3, 0.4) is 0 Å². The molecule has 0 saturated heterocycles. The summed E-state index contributed by atoms with van der Waals surface area (Å²) in [5.41, 5.74) is 14.6. The molecule has 0 bridgehead atoms. The van der Waals surface area contributed by atoms with Crippen LogP contribution in [0.4, 0.5) is 5.82 Å². The lowest BCUT2D eigenvalue weighted by Crippen LogP contribution is -2.17. The number of nitrogens with zero attached hydrogens (tertiary/aromatic N) is 2. The zero-order chi connectivity index (χ0) is 17.8. The number of anilines is 1. The summed E-state index contributed by atoms with van der Waals surface area (Å²) >= 11 is 6.17. The van der Waals surface area contributed by atoms with Crippen LogP contribution in [-0.4, -0.2) is 20.6 Å². The maximum atomic E-state index is 11.9. The molecule has 2 heterocycles. The van der Waals surface area contributed by atoms with E-state index in [4.69, 9.17) is 23.1 Å². The van der Waals surface area contributed by atoms with Gasteiger partial charge in [-0.15, -0.1) is 0 Å². The number of carbonyl (C=O) groups is 1. The number of hydrogen-bond acceptors (Lipinski definition) is 4. The molecule has 126 valence electrons. The highest BCUT2D eigenvalue weighted by Crippen LogP contribution is 2.39. The standard InChI is InChI=1S/C17H19ClN4O2/c1-7-4-5-12(23)8(2)14(7)22-15(19)13(16(20)24)10-6-11(18)9(3)21-17(10)22/h5-7,23H,4,19H2,1-3H3,(H2,20,24)/t7-/m1/s1. The molecule has 7 heteroatoms. The summed E-state index contributed by atoms with van der Waals surface area (Å²) in [7, 11) is 0. The van der Waals surface area contributed by atoms with Gasteiger partial charge in [0.2, 0.25) is 0 Å². The van der Waals surface area contributed by atoms with Crippen molar-refractivity contribution >= 4 is 40.1 Å². The monoisotopic (exact) mass is 346 g/mol. The second-order valence-corrected chi connectivity index (χ2v) is 6.53. The first kappa shape index (κ1) is 16.4. The molecule has 5 N–H and O–H groups in total. The molecule has 0 fully saturated rings. The lowest BCUT2D eigenvalue weighted by molar-refractivity contribution is 0.100. The van der Waals surface area contributed by atoms with Crippen molar-refractivity contribution in [2.75, 3.05) is 5.73 Å². The van der Waals surface area contributed by atoms with Gasteiger partial charge in [-0.3, -0.25) is 9.36 Å². The average molecular weight is 347 g/mol. The summed E-state index contributed by atoms with van der Waals surface area (Å²) in [6.07, 6.45) is 2.44. The summed E-state index contributed by atoms with van der Waals surface area (Å²) in [5, 5.41) is 11.1. The van der Waals surface area contributed by atoms with E-state index >= 15 is 0 Å². The molecule has 0 radical (unpaired) electrons. The lowest BCUT2D eigenvalue weighted by Gasteiger charge is -2.25. The molecule has 0 aliphatic heterocycles. The van der Waals surface area contributed by atoms with Gasteiger partial charge in [0.1, 0.15) is 17.2 Å². The summed E-state index contributed by atoms with van der Waals surface area (Å²) in [6, 6.07) is 1.66. The Hall–Kier alpha value is -2.47. The Labute approximate surface area is 144 Å². The molecule has 1 atom stereocenters. The molecule has 0 spiro atoms. The fourth-order valence-corrected chi connectivity index (χ4v) is 3.38. The van der Waals surface area contributed by atoms with Crippen molar-refractivity contribution in [1.82, 2.24) is 9.55 Å². The fourth-order valence-electron chi connectivity index (χ4n) is 3.23. The van der Waals surface area contributed by atoms with Crippen molar-refractivity contribution < 1.29 is 9.90 Å². The SMILES string of the molecule is CC1=C(n2c(N)c(C(N)=O)c3cc(Cl)c(C)nc32)[C@H](C)CC=C1O. The Morgan fingerprint density at radius 3 is 2.75 bits per heavy atom. The van der Waals surface area contributed by atoms with Gasteiger partial charge in [0.05, 0.1) is 16.3 Å². The Bertz CT molecular complexity index is 940. The van der Waals surface area contributed by atoms with Gasteiger partial charge in [-0.1, -0.05) is 18.5 Å². The number of nitrogen functional groups attached to an aromatic ring is 1. The maximum absolute atomic E-state index is 11.9. The predicted octanol–water partition coefficient (Wildman–Crippen LogP) is 3.39. The number of halogens is 1. The number of amides is 1. The van der Waals surface area contributed by atoms with Crippen LogP contribution in [0.1, 0.15) is 36.3 Å². The van der Waals surface area contributed by atoms with Gasteiger partial charge in [-0.05, 0) is 32.4 Å². The summed E-state index contributed by atoms with van der Waals surface area (Å²) in [5.74, 6) is -0.130. The number of nitrogens with two attached hydrogens (primary N) is 2. The molecule has 6 nitrogen and oxygen atoms in total. The van der Waals surface area contributed by atoms with Gasteiger partial charge in [0.15, 0.2) is 0 Å². The molecule has 0 unspecified atom stereocenters. The van der Waals surface area contributed by atoms with Crippen molar-refractivity contribution in [3.8, 4) is 0 Å². The van der Waals surface area contributed by atoms with E-state index in [0.717, 1.165) is 5.70 Å². The normalized spacial score (nSPS) is 18.2. The molecule has 24 heavy (non-hydrogen) atoms. The first-order valence-electron chi connectivity index (χ1n) is 7.61. The number of rotatable bonds is 2. The number of primary amides is 1. The highest BCUT2D eigenvalue weighted by Gasteiger charge is 2.28. The largest absolute Gasteiger partial charge is 0.508 e. The number of aryl methyl sites for hydroxylation is 1. The molecule has 1 amide bonds. The number of hydrogen-bond donors (Lipinski definition) is 3. The van der Waals surface area contributed by atoms with Crippen LogP contribution in [0.2, 0.25) is 5.02 Å². The van der Waals surface area contributed by atoms with Crippen molar-refractivity contribution in [3.05, 3.63) is 39.8 Å². The van der Waals surface area contributed by atoms with Gasteiger partial charge < -0.3 is 16.6 Å². The minimum Gasteiger partial charge on any atom is -0.508 e. The van der Waals surface area contributed by atoms with Crippen LogP contribution in [0, 0.1) is 12.8 Å². The van der Waals surface area contributed by atoms with Crippen LogP contribution in [0.25, 0.3) is 16.7 Å². The third-order valence-corrected chi connectivity index (χ3v) is 4.88. The van der Waals surface area contributed by atoms with E-state index in [-0.39, 0.29) is 23.1 Å². The third kappa shape index (κ3) is 2.26. The van der Waals surface area contributed by atoms with Gasteiger partial charge in [-0.25, -0.2) is 4.98 Å². The molecular weight excluding hydrogens is 328 g/mol. The second kappa shape index (κ2) is 5.56. The van der Waals surface area contributed by atoms with Crippen molar-refractivity contribution in [2.45, 2.75) is 27.2 Å². The van der Waals surface area contributed by atoms with Gasteiger partial charge in [-0.2, -0.15) is 0 Å². The summed E-state index contributed by atoms with van der Waals surface area (Å²) < 4.78 is 1.71. The molecule has 0 aromatic carbocycles. The highest BCUT2D eigenvalue weighted by atomic mass is 35.5. The van der Waals surface area contributed by atoms with E-state index in [1.165, 1.54) is 0 Å². The number of pyridine rings is 1. The van der Waals surface area contributed by atoms with E-state index in [9.17, 15) is 9.90 Å². The van der Waals surface area contributed by atoms with Crippen LogP contribution in [0.15, 0.2) is 23.5 Å². The molecule has 0 saturated carbocycles. The Morgan fingerprint density at radius 1 is 1.46 bits per heavy atom. The van der Waals surface area contributed by atoms with E-state index in [1.54, 1.807) is 23.6 Å². The third-order valence-electron chi connectivity index (χ3n) is 4.50. The smallest absolute Gasteiger partial charge is 0.253 e. The number of carbonyl (C=O) groups excluding carboxylic acids is 1. The Balaban J connectivity index is 2.47. The van der Waals surface area contributed by atoms with E-state index < -0.39 is 5.91 Å². The lowest BCUT2D eigenvalue weighted by atomic mass is 9.93. The number of aromatic nitrogens is 2. The Kier molecular flexibility index (Phi) is 3.80. The van der Waals surface area contributed by atoms with Crippen LogP contribution < -0.4 is 11.5 Å². The fraction of sp³-hybridized carbons (Fsp3) is 0.294. The first-order chi connectivity index (χ1) is 11.2. The van der Waals surface area contributed by atoms with Gasteiger partial charge >= 0.3 is 0 Å². The zero-order valence-electron chi connectivity index (χ0n) is 13.7.